The minimum Gasteiger partial charge on any atom is -0.494 e. The molecule has 1 aromatic carbocycles. The van der Waals surface area contributed by atoms with Gasteiger partial charge in [0.25, 0.3) is 0 Å². The zero-order valence-electron chi connectivity index (χ0n) is 9.92. The second kappa shape index (κ2) is 5.76. The van der Waals surface area contributed by atoms with Crippen LogP contribution in [0.15, 0.2) is 18.2 Å². The topological polar surface area (TPSA) is 35.2 Å². The number of hydrogen-bond acceptors (Lipinski definition) is 2. The first-order valence-electron chi connectivity index (χ1n) is 5.67. The van der Waals surface area contributed by atoms with E-state index in [1.807, 2.05) is 13.8 Å². The summed E-state index contributed by atoms with van der Waals surface area (Å²) in [6, 6.07) is 6.56. The van der Waals surface area contributed by atoms with Gasteiger partial charge in [-0.25, -0.2) is 0 Å². The summed E-state index contributed by atoms with van der Waals surface area (Å²) in [6.07, 6.45) is 1.93. The van der Waals surface area contributed by atoms with E-state index in [0.717, 1.165) is 18.6 Å². The third kappa shape index (κ3) is 3.56. The fourth-order valence-corrected chi connectivity index (χ4v) is 1.66. The molecule has 0 amide bonds. The third-order valence-corrected chi connectivity index (χ3v) is 2.37. The number of rotatable bonds is 5. The molecule has 1 atom stereocenters. The molecule has 2 N–H and O–H groups in total. The summed E-state index contributed by atoms with van der Waals surface area (Å²) < 4.78 is 5.58. The second-order valence-corrected chi connectivity index (χ2v) is 3.91. The van der Waals surface area contributed by atoms with Crippen LogP contribution in [-0.2, 0) is 12.8 Å². The first kappa shape index (κ1) is 12.1. The van der Waals surface area contributed by atoms with Gasteiger partial charge in [-0.1, -0.05) is 19.1 Å². The van der Waals surface area contributed by atoms with Crippen molar-refractivity contribution in [3.63, 3.8) is 0 Å². The van der Waals surface area contributed by atoms with Crippen molar-refractivity contribution in [2.45, 2.75) is 39.7 Å². The molecule has 0 heterocycles. The summed E-state index contributed by atoms with van der Waals surface area (Å²) in [5.41, 5.74) is 8.40. The predicted octanol–water partition coefficient (Wildman–Crippen LogP) is 2.54. The molecule has 1 rings (SSSR count). The Labute approximate surface area is 92.4 Å². The lowest BCUT2D eigenvalue weighted by Gasteiger charge is -2.13. The molecule has 0 aromatic heterocycles. The van der Waals surface area contributed by atoms with Crippen molar-refractivity contribution < 1.29 is 4.74 Å². The molecule has 0 aliphatic heterocycles. The Morgan fingerprint density at radius 3 is 2.60 bits per heavy atom. The molecule has 0 spiro atoms. The number of aryl methyl sites for hydroxylation is 1. The van der Waals surface area contributed by atoms with E-state index >= 15 is 0 Å². The van der Waals surface area contributed by atoms with Gasteiger partial charge in [0, 0.05) is 6.04 Å². The van der Waals surface area contributed by atoms with Gasteiger partial charge < -0.3 is 10.5 Å². The van der Waals surface area contributed by atoms with E-state index in [2.05, 4.69) is 25.1 Å². The van der Waals surface area contributed by atoms with E-state index in [0.29, 0.717) is 6.61 Å². The molecule has 1 aromatic rings. The molecule has 2 heteroatoms. The molecule has 0 aliphatic carbocycles. The number of hydrogen-bond donors (Lipinski definition) is 1. The third-order valence-electron chi connectivity index (χ3n) is 2.37. The molecular formula is C13H21NO. The number of nitrogens with two attached hydrogens (primary N) is 1. The van der Waals surface area contributed by atoms with Gasteiger partial charge in [-0.15, -0.1) is 0 Å². The highest BCUT2D eigenvalue weighted by atomic mass is 16.5. The SMILES string of the molecule is CCOc1ccc(CC)cc1CC(C)N. The van der Waals surface area contributed by atoms with E-state index in [1.165, 1.54) is 11.1 Å². The Morgan fingerprint density at radius 2 is 2.07 bits per heavy atom. The van der Waals surface area contributed by atoms with Crippen molar-refractivity contribution in [1.82, 2.24) is 0 Å². The zero-order chi connectivity index (χ0) is 11.3. The lowest BCUT2D eigenvalue weighted by Crippen LogP contribution is -2.18. The summed E-state index contributed by atoms with van der Waals surface area (Å²) in [7, 11) is 0. The average molecular weight is 207 g/mol. The van der Waals surface area contributed by atoms with Gasteiger partial charge in [0.2, 0.25) is 0 Å². The zero-order valence-corrected chi connectivity index (χ0v) is 9.92. The van der Waals surface area contributed by atoms with Crippen molar-refractivity contribution in [2.75, 3.05) is 6.61 Å². The minimum absolute atomic E-state index is 0.177. The van der Waals surface area contributed by atoms with Gasteiger partial charge in [0.1, 0.15) is 5.75 Å². The van der Waals surface area contributed by atoms with Crippen molar-refractivity contribution in [3.8, 4) is 5.75 Å². The van der Waals surface area contributed by atoms with E-state index in [4.69, 9.17) is 10.5 Å². The Morgan fingerprint density at radius 1 is 1.33 bits per heavy atom. The van der Waals surface area contributed by atoms with Gasteiger partial charge in [0.05, 0.1) is 6.61 Å². The molecule has 1 unspecified atom stereocenters. The molecule has 0 fully saturated rings. The highest BCUT2D eigenvalue weighted by Gasteiger charge is 2.06. The van der Waals surface area contributed by atoms with Crippen molar-refractivity contribution in [1.29, 1.82) is 0 Å². The summed E-state index contributed by atoms with van der Waals surface area (Å²) in [5.74, 6) is 0.979. The fraction of sp³-hybridized carbons (Fsp3) is 0.538. The van der Waals surface area contributed by atoms with Crippen LogP contribution in [-0.4, -0.2) is 12.6 Å². The largest absolute Gasteiger partial charge is 0.494 e. The monoisotopic (exact) mass is 207 g/mol. The van der Waals surface area contributed by atoms with Crippen LogP contribution in [0.4, 0.5) is 0 Å². The summed E-state index contributed by atoms with van der Waals surface area (Å²) in [6.45, 7) is 6.89. The van der Waals surface area contributed by atoms with E-state index < -0.39 is 0 Å². The van der Waals surface area contributed by atoms with Crippen LogP contribution in [0.25, 0.3) is 0 Å². The maximum absolute atomic E-state index is 5.83. The van der Waals surface area contributed by atoms with Gasteiger partial charge in [-0.2, -0.15) is 0 Å². The highest BCUT2D eigenvalue weighted by molar-refractivity contribution is 5.38. The molecule has 0 bridgehead atoms. The molecule has 0 aliphatic rings. The minimum atomic E-state index is 0.177. The van der Waals surface area contributed by atoms with Crippen LogP contribution in [0.2, 0.25) is 0 Å². The molecule has 0 saturated heterocycles. The van der Waals surface area contributed by atoms with Crippen LogP contribution < -0.4 is 10.5 Å². The molecule has 2 nitrogen and oxygen atoms in total. The van der Waals surface area contributed by atoms with Gasteiger partial charge >= 0.3 is 0 Å². The van der Waals surface area contributed by atoms with Gasteiger partial charge in [-0.3, -0.25) is 0 Å². The van der Waals surface area contributed by atoms with E-state index in [-0.39, 0.29) is 6.04 Å². The number of ether oxygens (including phenoxy) is 1. The smallest absolute Gasteiger partial charge is 0.122 e. The summed E-state index contributed by atoms with van der Waals surface area (Å²) >= 11 is 0. The van der Waals surface area contributed by atoms with E-state index in [1.54, 1.807) is 0 Å². The van der Waals surface area contributed by atoms with Crippen LogP contribution in [0.1, 0.15) is 31.9 Å². The molecule has 84 valence electrons. The van der Waals surface area contributed by atoms with Crippen molar-refractivity contribution >= 4 is 0 Å². The fourth-order valence-electron chi connectivity index (χ4n) is 1.66. The van der Waals surface area contributed by atoms with Gasteiger partial charge in [-0.05, 0) is 43.9 Å². The van der Waals surface area contributed by atoms with Crippen molar-refractivity contribution in [2.24, 2.45) is 5.73 Å². The van der Waals surface area contributed by atoms with Crippen molar-refractivity contribution in [3.05, 3.63) is 29.3 Å². The first-order chi connectivity index (χ1) is 7.17. The summed E-state index contributed by atoms with van der Waals surface area (Å²) in [4.78, 5) is 0. The lowest BCUT2D eigenvalue weighted by molar-refractivity contribution is 0.335. The van der Waals surface area contributed by atoms with Crippen LogP contribution in [0, 0.1) is 0 Å². The molecule has 15 heavy (non-hydrogen) atoms. The Hall–Kier alpha value is -1.02. The maximum Gasteiger partial charge on any atom is 0.122 e. The molecular weight excluding hydrogens is 186 g/mol. The maximum atomic E-state index is 5.83. The first-order valence-corrected chi connectivity index (χ1v) is 5.67. The Kier molecular flexibility index (Phi) is 4.63. The Balaban J connectivity index is 2.93. The van der Waals surface area contributed by atoms with E-state index in [9.17, 15) is 0 Å². The Bertz CT molecular complexity index is 307. The highest BCUT2D eigenvalue weighted by Crippen LogP contribution is 2.21. The van der Waals surface area contributed by atoms with Crippen LogP contribution >= 0.6 is 0 Å². The van der Waals surface area contributed by atoms with Crippen LogP contribution in [0.5, 0.6) is 5.75 Å². The molecule has 0 radical (unpaired) electrons. The van der Waals surface area contributed by atoms with Crippen LogP contribution in [0.3, 0.4) is 0 Å². The average Bonchev–Trinajstić information content (AvgIpc) is 2.20. The number of benzene rings is 1. The standard InChI is InChI=1S/C13H21NO/c1-4-11-6-7-13(15-5-2)12(9-11)8-10(3)14/h6-7,9-10H,4-5,8,14H2,1-3H3. The summed E-state index contributed by atoms with van der Waals surface area (Å²) in [5, 5.41) is 0. The van der Waals surface area contributed by atoms with Gasteiger partial charge in [0.15, 0.2) is 0 Å². The molecule has 0 saturated carbocycles. The quantitative estimate of drug-likeness (QED) is 0.805. The lowest BCUT2D eigenvalue weighted by atomic mass is 10.0. The normalized spacial score (nSPS) is 12.5. The second-order valence-electron chi connectivity index (χ2n) is 3.91. The predicted molar refractivity (Wildman–Crippen MR) is 64.3 cm³/mol.